The van der Waals surface area contributed by atoms with Gasteiger partial charge in [0.05, 0.1) is 6.61 Å². The fourth-order valence-electron chi connectivity index (χ4n) is 2.35. The van der Waals surface area contributed by atoms with E-state index in [4.69, 9.17) is 12.9 Å². The predicted octanol–water partition coefficient (Wildman–Crippen LogP) is 0.293. The molecular formula is C20H27AsN2O7. The average Bonchev–Trinajstić information content (AvgIpc) is 2.68. The molecule has 2 aromatic rings. The molecule has 0 aliphatic rings. The third-order valence-corrected chi connectivity index (χ3v) is 5.85. The number of hydrogen-bond acceptors (Lipinski definition) is 5. The van der Waals surface area contributed by atoms with Crippen molar-refractivity contribution in [2.24, 2.45) is 0 Å². The summed E-state index contributed by atoms with van der Waals surface area (Å²) in [6.45, 7) is 2.35. The van der Waals surface area contributed by atoms with Crippen molar-refractivity contribution in [2.45, 2.75) is 19.8 Å². The zero-order valence-corrected chi connectivity index (χ0v) is 18.7. The molecule has 0 unspecified atom stereocenters. The molecule has 9 nitrogen and oxygen atoms in total. The van der Waals surface area contributed by atoms with Crippen LogP contribution in [0.4, 0.5) is 5.69 Å². The van der Waals surface area contributed by atoms with Crippen LogP contribution < -0.4 is 15.0 Å². The van der Waals surface area contributed by atoms with Gasteiger partial charge in [0.15, 0.2) is 0 Å². The average molecular weight is 482 g/mol. The smallest absolute Gasteiger partial charge is 0.222 e. The van der Waals surface area contributed by atoms with Crippen molar-refractivity contribution in [1.29, 1.82) is 0 Å². The topological polar surface area (TPSA) is 145 Å². The van der Waals surface area contributed by atoms with Crippen LogP contribution in [0.5, 0.6) is 5.75 Å². The van der Waals surface area contributed by atoms with Crippen molar-refractivity contribution in [3.05, 3.63) is 54.1 Å². The second kappa shape index (κ2) is 12.9. The molecule has 0 heterocycles. The van der Waals surface area contributed by atoms with Gasteiger partial charge in [-0.15, -0.1) is 0 Å². The van der Waals surface area contributed by atoms with Gasteiger partial charge in [0.1, 0.15) is 0 Å². The van der Waals surface area contributed by atoms with Crippen LogP contribution in [-0.4, -0.2) is 59.5 Å². The zero-order valence-electron chi connectivity index (χ0n) is 16.9. The number of phenolic OH excluding ortho intramolecular Hbond substituents is 1. The van der Waals surface area contributed by atoms with E-state index in [0.717, 1.165) is 6.42 Å². The molecule has 0 atom stereocenters. The molecule has 0 saturated carbocycles. The van der Waals surface area contributed by atoms with Crippen molar-refractivity contribution in [3.63, 3.8) is 0 Å². The number of para-hydroxylation sites is 1. The second-order valence-corrected chi connectivity index (χ2v) is 9.52. The minimum Gasteiger partial charge on any atom is -0.384 e. The van der Waals surface area contributed by atoms with Crippen LogP contribution >= 0.6 is 0 Å². The van der Waals surface area contributed by atoms with E-state index in [9.17, 15) is 18.4 Å². The predicted molar refractivity (Wildman–Crippen MR) is 113 cm³/mol. The molecule has 164 valence electrons. The third-order valence-electron chi connectivity index (χ3n) is 3.75. The first kappa shape index (κ1) is 25.5. The van der Waals surface area contributed by atoms with E-state index in [0.29, 0.717) is 19.6 Å². The second-order valence-electron chi connectivity index (χ2n) is 6.22. The number of anilines is 1. The normalized spacial score (nSPS) is 10.5. The summed E-state index contributed by atoms with van der Waals surface area (Å²) in [4.78, 5) is 22.0. The number of amides is 2. The van der Waals surface area contributed by atoms with E-state index < -0.39 is 20.1 Å². The van der Waals surface area contributed by atoms with E-state index in [-0.39, 0.29) is 21.7 Å². The molecule has 0 aliphatic carbocycles. The number of carbonyl (C=O) groups is 2. The van der Waals surface area contributed by atoms with Gasteiger partial charge in [-0.1, -0.05) is 30.3 Å². The largest absolute Gasteiger partial charge is 0.384 e. The van der Waals surface area contributed by atoms with Crippen molar-refractivity contribution in [2.75, 3.05) is 25.6 Å². The Hall–Kier alpha value is -2.58. The number of phenols is 1. The fraction of sp³-hybridized carbons (Fsp3) is 0.300. The van der Waals surface area contributed by atoms with Gasteiger partial charge in [0, 0.05) is 20.1 Å². The molecule has 0 saturated heterocycles. The summed E-state index contributed by atoms with van der Waals surface area (Å²) in [6, 6.07) is 13.8. The summed E-state index contributed by atoms with van der Waals surface area (Å²) < 4.78 is 33.6. The van der Waals surface area contributed by atoms with Gasteiger partial charge in [0.25, 0.3) is 0 Å². The SMILES string of the molecule is CC(=O)Nc1c(O)cccc1[As](=O)(O)O.COCCC(=O)NCCc1ccccc1. The first-order valence-corrected chi connectivity index (χ1v) is 12.5. The number of carbonyl (C=O) groups excluding carboxylic acids is 2. The molecule has 0 spiro atoms. The third kappa shape index (κ3) is 9.75. The first-order valence-electron chi connectivity index (χ1n) is 9.10. The Kier molecular flexibility index (Phi) is 10.9. The van der Waals surface area contributed by atoms with Gasteiger partial charge in [-0.3, -0.25) is 4.79 Å². The van der Waals surface area contributed by atoms with E-state index in [2.05, 4.69) is 22.8 Å². The summed E-state index contributed by atoms with van der Waals surface area (Å²) >= 11 is -5.14. The minimum atomic E-state index is -5.14. The van der Waals surface area contributed by atoms with Crippen LogP contribution in [0, 0.1) is 0 Å². The molecule has 2 rings (SSSR count). The molecule has 0 radical (unpaired) electrons. The maximum atomic E-state index is 11.2. The molecular weight excluding hydrogens is 455 g/mol. The molecule has 0 bridgehead atoms. The molecule has 2 amide bonds. The van der Waals surface area contributed by atoms with Crippen LogP contribution in [0.2, 0.25) is 0 Å². The molecule has 10 heteroatoms. The van der Waals surface area contributed by atoms with Gasteiger partial charge in [0.2, 0.25) is 5.91 Å². The van der Waals surface area contributed by atoms with Crippen molar-refractivity contribution in [1.82, 2.24) is 5.32 Å². The quantitative estimate of drug-likeness (QED) is 0.269. The number of nitrogens with one attached hydrogen (secondary N) is 2. The molecule has 5 N–H and O–H groups in total. The Bertz CT molecular complexity index is 869. The Morgan fingerprint density at radius 3 is 2.30 bits per heavy atom. The van der Waals surface area contributed by atoms with Crippen molar-refractivity contribution >= 4 is 36.0 Å². The van der Waals surface area contributed by atoms with E-state index in [1.54, 1.807) is 7.11 Å². The Balaban J connectivity index is 0.000000300. The standard InChI is InChI=1S/C12H17NO2.C8H10AsNO5/c1-15-10-8-12(14)13-9-7-11-5-3-2-4-6-11;1-5(11)10-8-6(9(13,14)15)3-2-4-7(8)12/h2-6H,7-10H2,1H3,(H,13,14);2-4,12H,1H3,(H,10,11)(H2,13,14,15). The molecule has 0 aliphatic heterocycles. The molecule has 0 fully saturated rings. The van der Waals surface area contributed by atoms with Crippen LogP contribution in [-0.2, 0) is 24.5 Å². The maximum absolute atomic E-state index is 11.2. The van der Waals surface area contributed by atoms with Gasteiger partial charge >= 0.3 is 88.1 Å². The van der Waals surface area contributed by atoms with Gasteiger partial charge in [-0.25, -0.2) is 0 Å². The van der Waals surface area contributed by atoms with Crippen molar-refractivity contribution < 1.29 is 31.4 Å². The van der Waals surface area contributed by atoms with Crippen LogP contribution in [0.15, 0.2) is 48.5 Å². The van der Waals surface area contributed by atoms with Gasteiger partial charge in [-0.05, 0) is 12.0 Å². The number of ether oxygens (including phenoxy) is 1. The molecule has 30 heavy (non-hydrogen) atoms. The number of aromatic hydroxyl groups is 1. The van der Waals surface area contributed by atoms with E-state index >= 15 is 0 Å². The Morgan fingerprint density at radius 1 is 1.07 bits per heavy atom. The summed E-state index contributed by atoms with van der Waals surface area (Å²) in [5.41, 5.74) is 1.02. The summed E-state index contributed by atoms with van der Waals surface area (Å²) in [6.07, 6.45) is 1.31. The van der Waals surface area contributed by atoms with Gasteiger partial charge < -0.3 is 10.1 Å². The number of hydrogen-bond donors (Lipinski definition) is 5. The minimum absolute atomic E-state index is 0.0489. The zero-order chi connectivity index (χ0) is 22.6. The summed E-state index contributed by atoms with van der Waals surface area (Å²) in [7, 11) is 1.59. The van der Waals surface area contributed by atoms with Crippen molar-refractivity contribution in [3.8, 4) is 5.75 Å². The Morgan fingerprint density at radius 2 is 1.73 bits per heavy atom. The van der Waals surface area contributed by atoms with E-state index in [1.165, 1.54) is 30.7 Å². The number of methoxy groups -OCH3 is 1. The Labute approximate surface area is 178 Å². The maximum Gasteiger partial charge on any atom is 0.222 e. The molecule has 2 aromatic carbocycles. The summed E-state index contributed by atoms with van der Waals surface area (Å²) in [5.74, 6) is -0.832. The van der Waals surface area contributed by atoms with Crippen LogP contribution in [0.25, 0.3) is 0 Å². The monoisotopic (exact) mass is 482 g/mol. The number of rotatable bonds is 8. The van der Waals surface area contributed by atoms with E-state index in [1.807, 2.05) is 18.2 Å². The number of benzene rings is 2. The van der Waals surface area contributed by atoms with Gasteiger partial charge in [-0.2, -0.15) is 0 Å². The van der Waals surface area contributed by atoms with Crippen LogP contribution in [0.3, 0.4) is 0 Å². The summed E-state index contributed by atoms with van der Waals surface area (Å²) in [5, 5.41) is 14.4. The fourth-order valence-corrected chi connectivity index (χ4v) is 3.91. The molecule has 0 aromatic heterocycles. The first-order chi connectivity index (χ1) is 14.1. The van der Waals surface area contributed by atoms with Crippen LogP contribution in [0.1, 0.15) is 18.9 Å².